The van der Waals surface area contributed by atoms with E-state index in [4.69, 9.17) is 0 Å². The van der Waals surface area contributed by atoms with Gasteiger partial charge in [0.15, 0.2) is 5.78 Å². The maximum atomic E-state index is 12.2. The second-order valence-electron chi connectivity index (χ2n) is 6.27. The summed E-state index contributed by atoms with van der Waals surface area (Å²) in [6.07, 6.45) is 0. The molecule has 4 heteroatoms. The van der Waals surface area contributed by atoms with Gasteiger partial charge in [0.25, 0.3) is 0 Å². The summed E-state index contributed by atoms with van der Waals surface area (Å²) in [5, 5.41) is 3.39. The van der Waals surface area contributed by atoms with E-state index in [0.29, 0.717) is 19.6 Å². The number of rotatable bonds is 1. The number of amides is 1. The zero-order valence-electron chi connectivity index (χ0n) is 14.1. The Labute approximate surface area is 142 Å². The maximum absolute atomic E-state index is 12.2. The second kappa shape index (κ2) is 6.97. The van der Waals surface area contributed by atoms with E-state index < -0.39 is 0 Å². The predicted molar refractivity (Wildman–Crippen MR) is 93.1 cm³/mol. The fourth-order valence-electron chi connectivity index (χ4n) is 3.22. The predicted octanol–water partition coefficient (Wildman–Crippen LogP) is 2.97. The Morgan fingerprint density at radius 2 is 1.50 bits per heavy atom. The van der Waals surface area contributed by atoms with Crippen molar-refractivity contribution in [3.8, 4) is 0 Å². The molecule has 0 spiro atoms. The smallest absolute Gasteiger partial charge is 0.220 e. The molecular weight excluding hydrogens is 300 g/mol. The van der Waals surface area contributed by atoms with E-state index in [1.807, 2.05) is 53.4 Å². The molecule has 1 N–H and O–H groups in total. The number of hydrogen-bond donors (Lipinski definition) is 1. The van der Waals surface area contributed by atoms with Crippen LogP contribution in [0, 0.1) is 0 Å². The van der Waals surface area contributed by atoms with Gasteiger partial charge < -0.3 is 4.90 Å². The largest absolute Gasteiger partial charge is 0.334 e. The van der Waals surface area contributed by atoms with Crippen LogP contribution in [0.25, 0.3) is 0 Å². The van der Waals surface area contributed by atoms with Crippen molar-refractivity contribution in [1.82, 2.24) is 10.2 Å². The van der Waals surface area contributed by atoms with Crippen molar-refractivity contribution >= 4 is 11.7 Å². The lowest BCUT2D eigenvalue weighted by Crippen LogP contribution is -2.33. The molecule has 24 heavy (non-hydrogen) atoms. The maximum Gasteiger partial charge on any atom is 0.220 e. The van der Waals surface area contributed by atoms with Gasteiger partial charge in [0.05, 0.1) is 6.04 Å². The highest BCUT2D eigenvalue weighted by Crippen LogP contribution is 2.24. The molecule has 1 aliphatic rings. The lowest BCUT2D eigenvalue weighted by Gasteiger charge is -2.28. The summed E-state index contributed by atoms with van der Waals surface area (Å²) in [6.45, 7) is 4.88. The molecule has 1 aliphatic heterocycles. The zero-order chi connectivity index (χ0) is 17.1. The van der Waals surface area contributed by atoms with E-state index in [2.05, 4.69) is 5.32 Å². The third-order valence-electron chi connectivity index (χ3n) is 4.56. The van der Waals surface area contributed by atoms with Gasteiger partial charge in [-0.15, -0.1) is 0 Å². The summed E-state index contributed by atoms with van der Waals surface area (Å²) < 4.78 is 0. The van der Waals surface area contributed by atoms with Crippen molar-refractivity contribution in [1.29, 1.82) is 0 Å². The lowest BCUT2D eigenvalue weighted by molar-refractivity contribution is -0.130. The van der Waals surface area contributed by atoms with Crippen molar-refractivity contribution in [2.24, 2.45) is 0 Å². The molecule has 4 nitrogen and oxygen atoms in total. The highest BCUT2D eigenvalue weighted by Gasteiger charge is 2.23. The number of hydrogen-bond acceptors (Lipinski definition) is 3. The first kappa shape index (κ1) is 16.4. The van der Waals surface area contributed by atoms with Gasteiger partial charge in [-0.2, -0.15) is 0 Å². The second-order valence-corrected chi connectivity index (χ2v) is 6.27. The Kier molecular flexibility index (Phi) is 4.76. The van der Waals surface area contributed by atoms with Crippen molar-refractivity contribution in [3.05, 3.63) is 70.8 Å². The van der Waals surface area contributed by atoms with Gasteiger partial charge in [0, 0.05) is 26.6 Å². The van der Waals surface area contributed by atoms with Gasteiger partial charge in [-0.1, -0.05) is 48.5 Å². The average Bonchev–Trinajstić information content (AvgIpc) is 2.56. The molecule has 1 amide bonds. The first-order chi connectivity index (χ1) is 11.6. The molecule has 1 unspecified atom stereocenters. The molecule has 0 saturated heterocycles. The monoisotopic (exact) mass is 322 g/mol. The number of benzene rings is 2. The molecule has 0 fully saturated rings. The zero-order valence-corrected chi connectivity index (χ0v) is 14.1. The Balaban J connectivity index is 2.08. The molecule has 1 heterocycles. The van der Waals surface area contributed by atoms with E-state index >= 15 is 0 Å². The molecule has 0 aliphatic carbocycles. The summed E-state index contributed by atoms with van der Waals surface area (Å²) in [5.74, 6) is 0.113. The van der Waals surface area contributed by atoms with E-state index in [1.165, 1.54) is 0 Å². The number of carbonyl (C=O) groups is 2. The molecule has 0 radical (unpaired) electrons. The van der Waals surface area contributed by atoms with Crippen LogP contribution in [0.2, 0.25) is 0 Å². The summed E-state index contributed by atoms with van der Waals surface area (Å²) in [5.41, 5.74) is 4.20. The number of carbonyl (C=O) groups excluding carboxylic acids is 2. The van der Waals surface area contributed by atoms with E-state index in [0.717, 1.165) is 22.3 Å². The van der Waals surface area contributed by atoms with Crippen LogP contribution in [0.1, 0.15) is 42.1 Å². The SMILES string of the molecule is CC(=O)C1NCc2ccccc2CN(C(C)=O)Cc2ccccc21. The fourth-order valence-corrected chi connectivity index (χ4v) is 3.22. The van der Waals surface area contributed by atoms with Crippen LogP contribution < -0.4 is 5.32 Å². The standard InChI is InChI=1S/C20H22N2O2/c1-14(23)20-19-10-6-5-9-18(19)13-22(15(2)24)12-17-8-4-3-7-16(17)11-21-20/h3-10,20-21H,11-13H2,1-2H3. The van der Waals surface area contributed by atoms with Crippen LogP contribution >= 0.6 is 0 Å². The Bertz CT molecular complexity index is 770. The molecule has 1 atom stereocenters. The van der Waals surface area contributed by atoms with Crippen molar-refractivity contribution < 1.29 is 9.59 Å². The van der Waals surface area contributed by atoms with Crippen LogP contribution in [0.4, 0.5) is 0 Å². The Morgan fingerprint density at radius 1 is 0.917 bits per heavy atom. The van der Waals surface area contributed by atoms with Crippen LogP contribution in [-0.2, 0) is 29.2 Å². The highest BCUT2D eigenvalue weighted by atomic mass is 16.2. The summed E-state index contributed by atoms with van der Waals surface area (Å²) in [4.78, 5) is 26.2. The van der Waals surface area contributed by atoms with Crippen molar-refractivity contribution in [2.45, 2.75) is 39.5 Å². The number of fused-ring (bicyclic) bond motifs is 2. The topological polar surface area (TPSA) is 49.4 Å². The van der Waals surface area contributed by atoms with Gasteiger partial charge in [0.2, 0.25) is 5.91 Å². The minimum atomic E-state index is -0.360. The van der Waals surface area contributed by atoms with E-state index in [1.54, 1.807) is 13.8 Å². The lowest BCUT2D eigenvalue weighted by atomic mass is 9.95. The van der Waals surface area contributed by atoms with Gasteiger partial charge >= 0.3 is 0 Å². The summed E-state index contributed by atoms with van der Waals surface area (Å²) in [6, 6.07) is 15.6. The van der Waals surface area contributed by atoms with Crippen molar-refractivity contribution in [3.63, 3.8) is 0 Å². The molecule has 0 aromatic heterocycles. The fraction of sp³-hybridized carbons (Fsp3) is 0.300. The number of nitrogens with one attached hydrogen (secondary N) is 1. The average molecular weight is 322 g/mol. The Hall–Kier alpha value is -2.46. The van der Waals surface area contributed by atoms with Crippen LogP contribution in [0.5, 0.6) is 0 Å². The summed E-state index contributed by atoms with van der Waals surface area (Å²) in [7, 11) is 0. The van der Waals surface area contributed by atoms with Gasteiger partial charge in [0.1, 0.15) is 0 Å². The number of Topliss-reactive ketones (excluding diaryl/α,β-unsaturated/α-hetero) is 1. The molecule has 0 saturated carbocycles. The first-order valence-corrected chi connectivity index (χ1v) is 8.20. The van der Waals surface area contributed by atoms with Crippen LogP contribution in [0.15, 0.2) is 48.5 Å². The van der Waals surface area contributed by atoms with E-state index in [-0.39, 0.29) is 17.7 Å². The van der Waals surface area contributed by atoms with Gasteiger partial charge in [-0.25, -0.2) is 0 Å². The first-order valence-electron chi connectivity index (χ1n) is 8.20. The quantitative estimate of drug-likeness (QED) is 0.878. The third-order valence-corrected chi connectivity index (χ3v) is 4.56. The molecule has 2 aromatic carbocycles. The van der Waals surface area contributed by atoms with Crippen LogP contribution in [0.3, 0.4) is 0 Å². The molecule has 3 rings (SSSR count). The van der Waals surface area contributed by atoms with Crippen LogP contribution in [-0.4, -0.2) is 16.6 Å². The number of ketones is 1. The minimum Gasteiger partial charge on any atom is -0.334 e. The highest BCUT2D eigenvalue weighted by molar-refractivity contribution is 5.83. The molecule has 124 valence electrons. The third kappa shape index (κ3) is 3.39. The normalized spacial score (nSPS) is 17.6. The van der Waals surface area contributed by atoms with Gasteiger partial charge in [-0.05, 0) is 29.2 Å². The molecular formula is C20H22N2O2. The summed E-state index contributed by atoms with van der Waals surface area (Å²) >= 11 is 0. The number of nitrogens with zero attached hydrogens (tertiary/aromatic N) is 1. The molecule has 2 aromatic rings. The van der Waals surface area contributed by atoms with Gasteiger partial charge in [-0.3, -0.25) is 14.9 Å². The van der Waals surface area contributed by atoms with Crippen molar-refractivity contribution in [2.75, 3.05) is 0 Å². The Morgan fingerprint density at radius 3 is 2.17 bits per heavy atom. The van der Waals surface area contributed by atoms with E-state index in [9.17, 15) is 9.59 Å². The molecule has 0 bridgehead atoms. The minimum absolute atomic E-state index is 0.0347.